The molecule has 0 bridgehead atoms. The molecule has 1 aliphatic heterocycles. The lowest BCUT2D eigenvalue weighted by atomic mass is 9.83. The number of nitrogens with zero attached hydrogens (tertiary/aromatic N) is 1. The molecule has 1 N–H and O–H groups in total. The Morgan fingerprint density at radius 2 is 1.58 bits per heavy atom. The van der Waals surface area contributed by atoms with E-state index in [0.29, 0.717) is 23.1 Å². The van der Waals surface area contributed by atoms with Crippen LogP contribution in [0.1, 0.15) is 47.6 Å². The maximum atomic E-state index is 14.0. The molecule has 6 heteroatoms. The number of carbonyl (C=O) groups excluding carboxylic acids is 2. The zero-order valence-corrected chi connectivity index (χ0v) is 20.6. The maximum Gasteiger partial charge on any atom is 0.336 e. The van der Waals surface area contributed by atoms with E-state index in [9.17, 15) is 14.4 Å². The molecule has 1 fully saturated rings. The van der Waals surface area contributed by atoms with Crippen LogP contribution in [-0.2, 0) is 23.3 Å². The monoisotopic (exact) mass is 480 g/mol. The number of benzene rings is 3. The number of fused-ring (bicyclic) bond motifs is 1. The van der Waals surface area contributed by atoms with Gasteiger partial charge in [-0.3, -0.25) is 9.69 Å². The van der Waals surface area contributed by atoms with Crippen molar-refractivity contribution in [1.29, 1.82) is 0 Å². The van der Waals surface area contributed by atoms with Crippen molar-refractivity contribution in [3.8, 4) is 0 Å². The second kappa shape index (κ2) is 9.11. The van der Waals surface area contributed by atoms with Gasteiger partial charge in [0.05, 0.1) is 6.54 Å². The summed E-state index contributed by atoms with van der Waals surface area (Å²) in [4.78, 5) is 40.9. The summed E-state index contributed by atoms with van der Waals surface area (Å²) in [6.45, 7) is 6.15. The van der Waals surface area contributed by atoms with E-state index in [2.05, 4.69) is 19.2 Å². The van der Waals surface area contributed by atoms with Gasteiger partial charge in [-0.05, 0) is 52.8 Å². The van der Waals surface area contributed by atoms with Gasteiger partial charge in [0.2, 0.25) is 0 Å². The lowest BCUT2D eigenvalue weighted by Gasteiger charge is -2.27. The normalized spacial score (nSPS) is 17.7. The Bertz CT molecular complexity index is 1510. The Balaban J connectivity index is 1.59. The van der Waals surface area contributed by atoms with Gasteiger partial charge in [0.15, 0.2) is 5.54 Å². The van der Waals surface area contributed by atoms with Gasteiger partial charge in [-0.25, -0.2) is 9.59 Å². The van der Waals surface area contributed by atoms with Crippen LogP contribution < -0.4 is 10.9 Å². The van der Waals surface area contributed by atoms with Gasteiger partial charge in [-0.2, -0.15) is 0 Å². The maximum absolute atomic E-state index is 14.0. The second-order valence-electron chi connectivity index (χ2n) is 9.71. The standard InChI is InChI=1S/C30H28N2O4/c1-19(2)24-16-25-22(15-27(33)36-26(25)14-20(24)3)18-32-28(34)30(31-29(32)35,23-12-8-5-9-13-23)17-21-10-6-4-7-11-21/h4-16,19H,17-18H2,1-3H3,(H,31,35). The molecule has 2 heterocycles. The largest absolute Gasteiger partial charge is 0.423 e. The number of rotatable bonds is 6. The number of imide groups is 1. The topological polar surface area (TPSA) is 79.6 Å². The first kappa shape index (κ1) is 23.5. The minimum Gasteiger partial charge on any atom is -0.423 e. The Morgan fingerprint density at radius 3 is 2.25 bits per heavy atom. The number of amides is 3. The zero-order chi connectivity index (χ0) is 25.4. The number of hydrogen-bond acceptors (Lipinski definition) is 4. The summed E-state index contributed by atoms with van der Waals surface area (Å²) >= 11 is 0. The highest BCUT2D eigenvalue weighted by Crippen LogP contribution is 2.35. The predicted molar refractivity (Wildman–Crippen MR) is 139 cm³/mol. The number of nitrogens with one attached hydrogen (secondary N) is 1. The first-order chi connectivity index (χ1) is 17.3. The summed E-state index contributed by atoms with van der Waals surface area (Å²) in [7, 11) is 0. The molecule has 4 aromatic rings. The first-order valence-corrected chi connectivity index (χ1v) is 12.1. The average Bonchev–Trinajstić information content (AvgIpc) is 3.09. The van der Waals surface area contributed by atoms with Crippen molar-refractivity contribution < 1.29 is 14.0 Å². The summed E-state index contributed by atoms with van der Waals surface area (Å²) < 4.78 is 5.47. The van der Waals surface area contributed by atoms with E-state index >= 15 is 0 Å². The third kappa shape index (κ3) is 4.09. The Hall–Kier alpha value is -4.19. The number of hydrogen-bond donors (Lipinski definition) is 1. The van der Waals surface area contributed by atoms with E-state index in [4.69, 9.17) is 4.42 Å². The molecule has 0 aliphatic carbocycles. The lowest BCUT2D eigenvalue weighted by molar-refractivity contribution is -0.132. The fraction of sp³-hybridized carbons (Fsp3) is 0.233. The van der Waals surface area contributed by atoms with Crippen LogP contribution in [0.3, 0.4) is 0 Å². The van der Waals surface area contributed by atoms with E-state index in [1.165, 1.54) is 11.0 Å². The molecular formula is C30H28N2O4. The van der Waals surface area contributed by atoms with Crippen LogP contribution in [0.15, 0.2) is 88.1 Å². The summed E-state index contributed by atoms with van der Waals surface area (Å²) in [6, 6.07) is 23.7. The van der Waals surface area contributed by atoms with Crippen LogP contribution in [0.25, 0.3) is 11.0 Å². The molecule has 1 unspecified atom stereocenters. The van der Waals surface area contributed by atoms with Crippen molar-refractivity contribution in [3.63, 3.8) is 0 Å². The molecule has 1 atom stereocenters. The lowest BCUT2D eigenvalue weighted by Crippen LogP contribution is -2.46. The van der Waals surface area contributed by atoms with E-state index in [0.717, 1.165) is 22.1 Å². The molecule has 0 saturated carbocycles. The van der Waals surface area contributed by atoms with Gasteiger partial charge in [-0.15, -0.1) is 0 Å². The van der Waals surface area contributed by atoms with Gasteiger partial charge >= 0.3 is 11.7 Å². The minimum atomic E-state index is -1.24. The molecule has 5 rings (SSSR count). The third-order valence-corrected chi connectivity index (χ3v) is 6.92. The SMILES string of the molecule is Cc1cc2oc(=O)cc(CN3C(=O)NC(Cc4ccccc4)(c4ccccc4)C3=O)c2cc1C(C)C. The number of urea groups is 1. The van der Waals surface area contributed by atoms with Crippen molar-refractivity contribution in [3.05, 3.63) is 117 Å². The minimum absolute atomic E-state index is 0.0310. The van der Waals surface area contributed by atoms with Crippen LogP contribution in [0.5, 0.6) is 0 Å². The van der Waals surface area contributed by atoms with Crippen molar-refractivity contribution in [2.45, 2.75) is 45.2 Å². The first-order valence-electron chi connectivity index (χ1n) is 12.1. The highest BCUT2D eigenvalue weighted by Gasteiger charge is 2.52. The molecule has 1 aliphatic rings. The third-order valence-electron chi connectivity index (χ3n) is 6.92. The van der Waals surface area contributed by atoms with E-state index in [-0.39, 0.29) is 18.4 Å². The molecule has 6 nitrogen and oxygen atoms in total. The fourth-order valence-corrected chi connectivity index (χ4v) is 5.13. The van der Waals surface area contributed by atoms with E-state index in [1.54, 1.807) is 0 Å². The Morgan fingerprint density at radius 1 is 0.917 bits per heavy atom. The summed E-state index contributed by atoms with van der Waals surface area (Å²) in [5.41, 5.74) is 3.07. The quantitative estimate of drug-likeness (QED) is 0.295. The zero-order valence-electron chi connectivity index (χ0n) is 20.6. The second-order valence-corrected chi connectivity index (χ2v) is 9.71. The van der Waals surface area contributed by atoms with Crippen molar-refractivity contribution >= 4 is 22.9 Å². The van der Waals surface area contributed by atoms with Gasteiger partial charge in [0, 0.05) is 17.9 Å². The smallest absolute Gasteiger partial charge is 0.336 e. The molecule has 3 amide bonds. The molecule has 3 aromatic carbocycles. The number of aryl methyl sites for hydroxylation is 1. The summed E-state index contributed by atoms with van der Waals surface area (Å²) in [5, 5.41) is 3.72. The summed E-state index contributed by atoms with van der Waals surface area (Å²) in [6.07, 6.45) is 0.313. The average molecular weight is 481 g/mol. The Labute approximate surface area is 209 Å². The Kier molecular flexibility index (Phi) is 5.96. The van der Waals surface area contributed by atoms with Crippen LogP contribution in [0.4, 0.5) is 4.79 Å². The van der Waals surface area contributed by atoms with Gasteiger partial charge < -0.3 is 9.73 Å². The van der Waals surface area contributed by atoms with Crippen molar-refractivity contribution in [1.82, 2.24) is 10.2 Å². The van der Waals surface area contributed by atoms with E-state index in [1.807, 2.05) is 79.7 Å². The molecule has 0 spiro atoms. The highest BCUT2D eigenvalue weighted by molar-refractivity contribution is 6.07. The summed E-state index contributed by atoms with van der Waals surface area (Å²) in [5.74, 6) is -0.0809. The van der Waals surface area contributed by atoms with Gasteiger partial charge in [0.25, 0.3) is 5.91 Å². The molecule has 0 radical (unpaired) electrons. The van der Waals surface area contributed by atoms with Gasteiger partial charge in [-0.1, -0.05) is 74.5 Å². The van der Waals surface area contributed by atoms with Crippen molar-refractivity contribution in [2.75, 3.05) is 0 Å². The molecule has 36 heavy (non-hydrogen) atoms. The molecule has 1 saturated heterocycles. The predicted octanol–water partition coefficient (Wildman–Crippen LogP) is 5.41. The van der Waals surface area contributed by atoms with Crippen LogP contribution in [-0.4, -0.2) is 16.8 Å². The van der Waals surface area contributed by atoms with E-state index < -0.39 is 17.2 Å². The van der Waals surface area contributed by atoms with Crippen LogP contribution in [0.2, 0.25) is 0 Å². The molecular weight excluding hydrogens is 452 g/mol. The number of carbonyl (C=O) groups is 2. The molecule has 1 aromatic heterocycles. The van der Waals surface area contributed by atoms with Crippen molar-refractivity contribution in [2.24, 2.45) is 0 Å². The van der Waals surface area contributed by atoms with Crippen LogP contribution in [0, 0.1) is 6.92 Å². The molecule has 182 valence electrons. The fourth-order valence-electron chi connectivity index (χ4n) is 5.13. The van der Waals surface area contributed by atoms with Crippen LogP contribution >= 0.6 is 0 Å². The highest BCUT2D eigenvalue weighted by atomic mass is 16.4. The van der Waals surface area contributed by atoms with Gasteiger partial charge in [0.1, 0.15) is 5.58 Å².